The van der Waals surface area contributed by atoms with Gasteiger partial charge in [-0.2, -0.15) is 0 Å². The molecule has 2 rings (SSSR count). The van der Waals surface area contributed by atoms with Crippen LogP contribution in [-0.2, 0) is 4.74 Å². The maximum atomic E-state index is 5.89. The van der Waals surface area contributed by atoms with E-state index in [1.54, 1.807) is 0 Å². The van der Waals surface area contributed by atoms with E-state index in [0.29, 0.717) is 12.1 Å². The van der Waals surface area contributed by atoms with Gasteiger partial charge in [-0.05, 0) is 25.2 Å². The van der Waals surface area contributed by atoms with E-state index in [1.165, 1.54) is 44.3 Å². The standard InChI is InChI=1S/C15H28N2OS/c1-12(2)10-13-11-19-15(17-13)16-8-9-18-14-6-4-3-5-7-14/h12-14H,3-11H2,1-2H3,(H,16,17). The van der Waals surface area contributed by atoms with E-state index in [1.807, 2.05) is 11.8 Å². The summed E-state index contributed by atoms with van der Waals surface area (Å²) in [5.41, 5.74) is 0. The van der Waals surface area contributed by atoms with Gasteiger partial charge in [-0.25, -0.2) is 0 Å². The molecule has 1 saturated carbocycles. The number of nitrogens with zero attached hydrogens (tertiary/aromatic N) is 1. The van der Waals surface area contributed by atoms with E-state index >= 15 is 0 Å². The number of ether oxygens (including phenoxy) is 1. The van der Waals surface area contributed by atoms with Gasteiger partial charge in [0.15, 0.2) is 5.17 Å². The molecule has 2 fully saturated rings. The molecule has 0 bridgehead atoms. The Morgan fingerprint density at radius 3 is 2.84 bits per heavy atom. The zero-order valence-electron chi connectivity index (χ0n) is 12.4. The van der Waals surface area contributed by atoms with Gasteiger partial charge in [-0.1, -0.05) is 44.9 Å². The summed E-state index contributed by atoms with van der Waals surface area (Å²) < 4.78 is 5.89. The summed E-state index contributed by atoms with van der Waals surface area (Å²) in [7, 11) is 0. The highest BCUT2D eigenvalue weighted by molar-refractivity contribution is 8.14. The van der Waals surface area contributed by atoms with Crippen LogP contribution in [0.2, 0.25) is 0 Å². The highest BCUT2D eigenvalue weighted by Crippen LogP contribution is 2.21. The van der Waals surface area contributed by atoms with Crippen LogP contribution in [0.1, 0.15) is 52.4 Å². The van der Waals surface area contributed by atoms with Crippen molar-refractivity contribution in [3.8, 4) is 0 Å². The fraction of sp³-hybridized carbons (Fsp3) is 0.933. The zero-order valence-corrected chi connectivity index (χ0v) is 13.2. The third-order valence-electron chi connectivity index (χ3n) is 3.76. The van der Waals surface area contributed by atoms with Gasteiger partial charge in [0.2, 0.25) is 0 Å². The predicted octanol–water partition coefficient (Wildman–Crippen LogP) is 3.44. The van der Waals surface area contributed by atoms with E-state index in [9.17, 15) is 0 Å². The summed E-state index contributed by atoms with van der Waals surface area (Å²) in [5.74, 6) is 1.92. The molecule has 2 aliphatic rings. The van der Waals surface area contributed by atoms with Gasteiger partial charge in [-0.15, -0.1) is 0 Å². The lowest BCUT2D eigenvalue weighted by molar-refractivity contribution is 0.0335. The van der Waals surface area contributed by atoms with E-state index in [-0.39, 0.29) is 0 Å². The SMILES string of the molecule is CC(C)CC1CSC(=NCCOC2CCCCC2)N1. The van der Waals surface area contributed by atoms with Crippen LogP contribution >= 0.6 is 11.8 Å². The van der Waals surface area contributed by atoms with Crippen molar-refractivity contribution in [1.29, 1.82) is 0 Å². The normalized spacial score (nSPS) is 27.1. The topological polar surface area (TPSA) is 33.6 Å². The number of hydrogen-bond donors (Lipinski definition) is 1. The molecule has 0 amide bonds. The van der Waals surface area contributed by atoms with Gasteiger partial charge in [0.25, 0.3) is 0 Å². The minimum absolute atomic E-state index is 0.506. The van der Waals surface area contributed by atoms with Gasteiger partial charge < -0.3 is 10.1 Å². The Kier molecular flexibility index (Phi) is 6.51. The molecule has 1 aliphatic heterocycles. The number of amidine groups is 1. The second-order valence-electron chi connectivity index (χ2n) is 6.10. The van der Waals surface area contributed by atoms with Crippen LogP contribution in [0, 0.1) is 5.92 Å². The van der Waals surface area contributed by atoms with Crippen LogP contribution in [0.4, 0.5) is 0 Å². The lowest BCUT2D eigenvalue weighted by Gasteiger charge is -2.21. The first-order chi connectivity index (χ1) is 9.24. The quantitative estimate of drug-likeness (QED) is 0.759. The van der Waals surface area contributed by atoms with E-state index in [0.717, 1.165) is 24.2 Å². The van der Waals surface area contributed by atoms with Crippen molar-refractivity contribution in [3.63, 3.8) is 0 Å². The maximum Gasteiger partial charge on any atom is 0.156 e. The van der Waals surface area contributed by atoms with Gasteiger partial charge >= 0.3 is 0 Å². The smallest absolute Gasteiger partial charge is 0.156 e. The molecule has 19 heavy (non-hydrogen) atoms. The van der Waals surface area contributed by atoms with Crippen LogP contribution in [-0.4, -0.2) is 36.2 Å². The number of aliphatic imine (C=N–C) groups is 1. The monoisotopic (exact) mass is 284 g/mol. The molecule has 3 nitrogen and oxygen atoms in total. The van der Waals surface area contributed by atoms with Crippen LogP contribution < -0.4 is 5.32 Å². The highest BCUT2D eigenvalue weighted by atomic mass is 32.2. The van der Waals surface area contributed by atoms with E-state index in [4.69, 9.17) is 4.74 Å². The zero-order chi connectivity index (χ0) is 13.5. The van der Waals surface area contributed by atoms with Gasteiger partial charge in [-0.3, -0.25) is 4.99 Å². The Hall–Kier alpha value is -0.220. The average molecular weight is 284 g/mol. The van der Waals surface area contributed by atoms with E-state index in [2.05, 4.69) is 24.2 Å². The predicted molar refractivity (Wildman–Crippen MR) is 84.0 cm³/mol. The molecule has 0 spiro atoms. The van der Waals surface area contributed by atoms with Crippen molar-refractivity contribution in [2.75, 3.05) is 18.9 Å². The van der Waals surface area contributed by atoms with Crippen molar-refractivity contribution in [3.05, 3.63) is 0 Å². The highest BCUT2D eigenvalue weighted by Gasteiger charge is 2.20. The second kappa shape index (κ2) is 8.15. The number of nitrogens with one attached hydrogen (secondary N) is 1. The number of rotatable bonds is 6. The molecule has 0 aromatic carbocycles. The Labute approximate surface area is 122 Å². The van der Waals surface area contributed by atoms with Crippen molar-refractivity contribution in [2.24, 2.45) is 10.9 Å². The van der Waals surface area contributed by atoms with Crippen molar-refractivity contribution in [2.45, 2.75) is 64.5 Å². The lowest BCUT2D eigenvalue weighted by atomic mass is 9.98. The third-order valence-corrected chi connectivity index (χ3v) is 4.85. The first-order valence-corrected chi connectivity index (χ1v) is 8.78. The van der Waals surface area contributed by atoms with Gasteiger partial charge in [0.1, 0.15) is 0 Å². The van der Waals surface area contributed by atoms with Crippen molar-refractivity contribution >= 4 is 16.9 Å². The molecule has 1 heterocycles. The fourth-order valence-electron chi connectivity index (χ4n) is 2.82. The molecule has 1 N–H and O–H groups in total. The van der Waals surface area contributed by atoms with Gasteiger partial charge in [0.05, 0.1) is 19.3 Å². The Morgan fingerprint density at radius 2 is 2.11 bits per heavy atom. The van der Waals surface area contributed by atoms with Crippen molar-refractivity contribution < 1.29 is 4.74 Å². The van der Waals surface area contributed by atoms with Gasteiger partial charge in [0, 0.05) is 11.8 Å². The molecule has 110 valence electrons. The van der Waals surface area contributed by atoms with Crippen LogP contribution in [0.5, 0.6) is 0 Å². The molecule has 1 atom stereocenters. The first kappa shape index (κ1) is 15.2. The molecule has 0 aromatic heterocycles. The van der Waals surface area contributed by atoms with Crippen LogP contribution in [0.3, 0.4) is 0 Å². The summed E-state index contributed by atoms with van der Waals surface area (Å²) in [6.07, 6.45) is 8.32. The molecule has 1 saturated heterocycles. The molecule has 0 aromatic rings. The molecular formula is C15H28N2OS. The minimum Gasteiger partial charge on any atom is -0.376 e. The third kappa shape index (κ3) is 5.74. The molecule has 4 heteroatoms. The van der Waals surface area contributed by atoms with Crippen molar-refractivity contribution in [1.82, 2.24) is 5.32 Å². The largest absolute Gasteiger partial charge is 0.376 e. The summed E-state index contributed by atoms with van der Waals surface area (Å²) in [6, 6.07) is 0.614. The Bertz CT molecular complexity index is 288. The molecular weight excluding hydrogens is 256 g/mol. The molecule has 1 aliphatic carbocycles. The van der Waals surface area contributed by atoms with E-state index < -0.39 is 0 Å². The Balaban J connectivity index is 1.58. The number of thioether (sulfide) groups is 1. The lowest BCUT2D eigenvalue weighted by Crippen LogP contribution is -2.28. The first-order valence-electron chi connectivity index (χ1n) is 7.79. The van der Waals surface area contributed by atoms with Crippen LogP contribution in [0.15, 0.2) is 4.99 Å². The summed E-state index contributed by atoms with van der Waals surface area (Å²) in [5, 5.41) is 4.64. The minimum atomic E-state index is 0.506. The molecule has 0 radical (unpaired) electrons. The average Bonchev–Trinajstić information content (AvgIpc) is 2.83. The maximum absolute atomic E-state index is 5.89. The fourth-order valence-corrected chi connectivity index (χ4v) is 3.83. The second-order valence-corrected chi connectivity index (χ2v) is 7.11. The molecule has 1 unspecified atom stereocenters. The Morgan fingerprint density at radius 1 is 1.32 bits per heavy atom. The van der Waals surface area contributed by atoms with Crippen LogP contribution in [0.25, 0.3) is 0 Å². The summed E-state index contributed by atoms with van der Waals surface area (Å²) >= 11 is 1.86. The number of hydrogen-bond acceptors (Lipinski definition) is 3. The summed E-state index contributed by atoms with van der Waals surface area (Å²) in [6.45, 7) is 6.14. The summed E-state index contributed by atoms with van der Waals surface area (Å²) in [4.78, 5) is 4.61.